The Morgan fingerprint density at radius 1 is 1.08 bits per heavy atom. The summed E-state index contributed by atoms with van der Waals surface area (Å²) < 4.78 is 6.28. The minimum atomic E-state index is 0.307. The first-order valence-electron chi connectivity index (χ1n) is 13.3. The molecule has 6 rings (SSSR count). The van der Waals surface area contributed by atoms with E-state index in [1.165, 1.54) is 40.4 Å². The number of hydrogen-bond acceptors (Lipinski definition) is 7. The van der Waals surface area contributed by atoms with E-state index in [4.69, 9.17) is 14.7 Å². The van der Waals surface area contributed by atoms with Crippen molar-refractivity contribution in [1.29, 1.82) is 0 Å². The molecule has 0 saturated carbocycles. The van der Waals surface area contributed by atoms with Crippen LogP contribution in [0.3, 0.4) is 0 Å². The van der Waals surface area contributed by atoms with Crippen LogP contribution in [0.25, 0.3) is 10.8 Å². The molecule has 0 bridgehead atoms. The lowest BCUT2D eigenvalue weighted by Crippen LogP contribution is -2.42. The first-order chi connectivity index (χ1) is 17.6. The maximum absolute atomic E-state index is 6.28. The number of likely N-dealkylation sites (N-methyl/N-ethyl adjacent to an activating group) is 1. The van der Waals surface area contributed by atoms with Crippen molar-refractivity contribution in [2.75, 3.05) is 49.6 Å². The first-order valence-corrected chi connectivity index (χ1v) is 13.3. The van der Waals surface area contributed by atoms with Gasteiger partial charge in [-0.3, -0.25) is 4.99 Å². The van der Waals surface area contributed by atoms with Gasteiger partial charge < -0.3 is 19.4 Å². The maximum atomic E-state index is 6.28. The Kier molecular flexibility index (Phi) is 6.25. The standard InChI is InChI=1S/C29H36N6O/c1-20-7-4-8-22-9-5-11-26(27(20)22)34-15-12-24-25(18-34)31-29(36-19-23-10-6-14-33(23)3)32-28(24)35-16-13-30-17-21(35)2/h4-5,7-9,11,13,21,23H,6,10,12,14-19H2,1-3H3/t21-,23+/m1/s1. The number of aromatic nitrogens is 2. The van der Waals surface area contributed by atoms with Crippen LogP contribution in [-0.4, -0.2) is 73.0 Å². The molecule has 1 aromatic heterocycles. The largest absolute Gasteiger partial charge is 0.462 e. The van der Waals surface area contributed by atoms with Gasteiger partial charge in [-0.05, 0) is 63.7 Å². The number of hydrogen-bond donors (Lipinski definition) is 0. The molecular formula is C29H36N6O. The summed E-state index contributed by atoms with van der Waals surface area (Å²) in [4.78, 5) is 21.7. The molecule has 7 heteroatoms. The van der Waals surface area contributed by atoms with Gasteiger partial charge in [0.25, 0.3) is 0 Å². The minimum absolute atomic E-state index is 0.307. The van der Waals surface area contributed by atoms with Crippen LogP contribution in [0.4, 0.5) is 11.5 Å². The van der Waals surface area contributed by atoms with E-state index in [0.717, 1.165) is 50.7 Å². The number of aryl methyl sites for hydroxylation is 1. The number of anilines is 2. The number of benzene rings is 2. The molecule has 0 N–H and O–H groups in total. The Balaban J connectivity index is 1.36. The van der Waals surface area contributed by atoms with E-state index in [-0.39, 0.29) is 0 Å². The van der Waals surface area contributed by atoms with E-state index in [0.29, 0.717) is 24.7 Å². The van der Waals surface area contributed by atoms with Crippen molar-refractivity contribution in [3.63, 3.8) is 0 Å². The third kappa shape index (κ3) is 4.30. The van der Waals surface area contributed by atoms with Gasteiger partial charge in [0.2, 0.25) is 0 Å². The molecule has 2 atom stereocenters. The van der Waals surface area contributed by atoms with Crippen molar-refractivity contribution in [3.8, 4) is 6.01 Å². The molecule has 1 fully saturated rings. The summed E-state index contributed by atoms with van der Waals surface area (Å²) in [7, 11) is 2.18. The molecule has 36 heavy (non-hydrogen) atoms. The highest BCUT2D eigenvalue weighted by molar-refractivity contribution is 5.97. The van der Waals surface area contributed by atoms with Crippen LogP contribution >= 0.6 is 0 Å². The lowest BCUT2D eigenvalue weighted by atomic mass is 9.99. The van der Waals surface area contributed by atoms with Crippen molar-refractivity contribution in [3.05, 3.63) is 53.2 Å². The fourth-order valence-electron chi connectivity index (χ4n) is 5.97. The summed E-state index contributed by atoms with van der Waals surface area (Å²) >= 11 is 0. The molecule has 0 radical (unpaired) electrons. The smallest absolute Gasteiger partial charge is 0.318 e. The average Bonchev–Trinajstić information content (AvgIpc) is 3.31. The van der Waals surface area contributed by atoms with Gasteiger partial charge in [0, 0.05) is 41.5 Å². The van der Waals surface area contributed by atoms with Gasteiger partial charge in [0.1, 0.15) is 12.4 Å². The van der Waals surface area contributed by atoms with Crippen LogP contribution in [0.2, 0.25) is 0 Å². The van der Waals surface area contributed by atoms with E-state index in [2.05, 4.69) is 77.0 Å². The molecule has 3 aliphatic rings. The summed E-state index contributed by atoms with van der Waals surface area (Å²) in [5.74, 6) is 1.03. The SMILES string of the molecule is Cc1cccc2cccc(N3CCc4c(nc(OC[C@@H]5CCCN5C)nc4N4CC=NC[C@H]4C)C3)c12. The highest BCUT2D eigenvalue weighted by Gasteiger charge is 2.29. The second-order valence-corrected chi connectivity index (χ2v) is 10.5. The molecule has 0 amide bonds. The lowest BCUT2D eigenvalue weighted by molar-refractivity contribution is 0.187. The number of fused-ring (bicyclic) bond motifs is 2. The van der Waals surface area contributed by atoms with Gasteiger partial charge in [-0.25, -0.2) is 0 Å². The van der Waals surface area contributed by atoms with Crippen LogP contribution in [0.15, 0.2) is 41.4 Å². The third-order valence-corrected chi connectivity index (χ3v) is 8.11. The van der Waals surface area contributed by atoms with Gasteiger partial charge in [-0.15, -0.1) is 0 Å². The molecule has 0 unspecified atom stereocenters. The van der Waals surface area contributed by atoms with Crippen molar-refractivity contribution in [2.24, 2.45) is 4.99 Å². The van der Waals surface area contributed by atoms with Gasteiger partial charge >= 0.3 is 6.01 Å². The third-order valence-electron chi connectivity index (χ3n) is 8.11. The Hall–Kier alpha value is -3.19. The summed E-state index contributed by atoms with van der Waals surface area (Å²) in [5, 5.41) is 2.62. The Bertz CT molecular complexity index is 1280. The summed E-state index contributed by atoms with van der Waals surface area (Å²) in [6, 6.07) is 14.4. The fraction of sp³-hybridized carbons (Fsp3) is 0.483. The molecule has 4 heterocycles. The van der Waals surface area contributed by atoms with Gasteiger partial charge in [0.15, 0.2) is 0 Å². The van der Waals surface area contributed by atoms with E-state index in [1.807, 2.05) is 6.21 Å². The van der Waals surface area contributed by atoms with Crippen molar-refractivity contribution in [2.45, 2.75) is 51.7 Å². The molecule has 188 valence electrons. The van der Waals surface area contributed by atoms with E-state index in [1.54, 1.807) is 0 Å². The second kappa shape index (κ2) is 9.69. The van der Waals surface area contributed by atoms with Crippen molar-refractivity contribution >= 4 is 28.5 Å². The van der Waals surface area contributed by atoms with Crippen molar-refractivity contribution in [1.82, 2.24) is 14.9 Å². The molecule has 1 saturated heterocycles. The molecule has 3 aliphatic heterocycles. The summed E-state index contributed by atoms with van der Waals surface area (Å²) in [6.07, 6.45) is 5.32. The topological polar surface area (TPSA) is 57.1 Å². The van der Waals surface area contributed by atoms with E-state index < -0.39 is 0 Å². The fourth-order valence-corrected chi connectivity index (χ4v) is 5.97. The monoisotopic (exact) mass is 484 g/mol. The van der Waals surface area contributed by atoms with Crippen LogP contribution < -0.4 is 14.5 Å². The van der Waals surface area contributed by atoms with Crippen LogP contribution in [-0.2, 0) is 13.0 Å². The zero-order valence-corrected chi connectivity index (χ0v) is 21.7. The highest BCUT2D eigenvalue weighted by Crippen LogP contribution is 2.36. The predicted molar refractivity (Wildman–Crippen MR) is 147 cm³/mol. The Labute approximate surface area is 213 Å². The molecule has 0 spiro atoms. The van der Waals surface area contributed by atoms with Crippen molar-refractivity contribution < 1.29 is 4.74 Å². The average molecular weight is 485 g/mol. The van der Waals surface area contributed by atoms with Crippen LogP contribution in [0, 0.1) is 6.92 Å². The number of aliphatic imine (C=N–C) groups is 1. The molecule has 3 aromatic rings. The van der Waals surface area contributed by atoms with E-state index >= 15 is 0 Å². The number of rotatable bonds is 5. The Morgan fingerprint density at radius 2 is 1.94 bits per heavy atom. The molecule has 7 nitrogen and oxygen atoms in total. The molecule has 2 aromatic carbocycles. The van der Waals surface area contributed by atoms with Gasteiger partial charge in [-0.1, -0.05) is 30.3 Å². The summed E-state index contributed by atoms with van der Waals surface area (Å²) in [5.41, 5.74) is 4.94. The molecule has 0 aliphatic carbocycles. The summed E-state index contributed by atoms with van der Waals surface area (Å²) in [6.45, 7) is 9.48. The van der Waals surface area contributed by atoms with Gasteiger partial charge in [-0.2, -0.15) is 9.97 Å². The van der Waals surface area contributed by atoms with Crippen LogP contribution in [0.5, 0.6) is 6.01 Å². The van der Waals surface area contributed by atoms with Gasteiger partial charge in [0.05, 0.1) is 25.3 Å². The quantitative estimate of drug-likeness (QED) is 0.540. The highest BCUT2D eigenvalue weighted by atomic mass is 16.5. The normalized spacial score (nSPS) is 22.3. The van der Waals surface area contributed by atoms with Crippen LogP contribution in [0.1, 0.15) is 36.6 Å². The maximum Gasteiger partial charge on any atom is 0.318 e. The lowest BCUT2D eigenvalue weighted by Gasteiger charge is -2.36. The zero-order chi connectivity index (χ0) is 24.6. The van der Waals surface area contributed by atoms with E-state index in [9.17, 15) is 0 Å². The Morgan fingerprint density at radius 3 is 2.75 bits per heavy atom. The first kappa shape index (κ1) is 23.2. The molecular weight excluding hydrogens is 448 g/mol. The predicted octanol–water partition coefficient (Wildman–Crippen LogP) is 4.25. The number of nitrogens with zero attached hydrogens (tertiary/aromatic N) is 6. The zero-order valence-electron chi connectivity index (χ0n) is 21.7. The minimum Gasteiger partial charge on any atom is -0.462 e. The second-order valence-electron chi connectivity index (χ2n) is 10.5. The number of likely N-dealkylation sites (tertiary alicyclic amines) is 1. The number of ether oxygens (including phenoxy) is 1.